The van der Waals surface area contributed by atoms with Crippen LogP contribution >= 0.6 is 0 Å². The number of hydrogen-bond donors (Lipinski definition) is 1. The van der Waals surface area contributed by atoms with Crippen molar-refractivity contribution in [2.45, 2.75) is 46.5 Å². The molecule has 2 N–H and O–H groups in total. The monoisotopic (exact) mass is 212 g/mol. The number of unbranched alkanes of at least 4 members (excludes halogenated alkanes) is 1. The topological polar surface area (TPSA) is 29.3 Å². The van der Waals surface area contributed by atoms with E-state index in [0.29, 0.717) is 5.41 Å². The first-order valence-electron chi connectivity index (χ1n) is 6.52. The van der Waals surface area contributed by atoms with E-state index in [0.717, 1.165) is 12.5 Å². The zero-order valence-corrected chi connectivity index (χ0v) is 10.8. The molecule has 1 atom stereocenters. The highest BCUT2D eigenvalue weighted by Gasteiger charge is 2.34. The lowest BCUT2D eigenvalue weighted by Crippen LogP contribution is -2.45. The van der Waals surface area contributed by atoms with Crippen molar-refractivity contribution in [1.29, 1.82) is 0 Å². The van der Waals surface area contributed by atoms with Crippen LogP contribution in [-0.4, -0.2) is 31.1 Å². The molecular formula is C13H28N2. The van der Waals surface area contributed by atoms with Gasteiger partial charge < -0.3 is 10.6 Å². The molecule has 2 heteroatoms. The zero-order valence-electron chi connectivity index (χ0n) is 10.8. The van der Waals surface area contributed by atoms with Crippen molar-refractivity contribution >= 4 is 0 Å². The van der Waals surface area contributed by atoms with Crippen molar-refractivity contribution in [3.63, 3.8) is 0 Å². The fraction of sp³-hybridized carbons (Fsp3) is 1.00. The molecule has 1 heterocycles. The number of nitrogens with two attached hydrogens (primary N) is 1. The predicted octanol–water partition coefficient (Wildman–Crippen LogP) is 2.48. The molecule has 0 saturated carbocycles. The standard InChI is InChI=1S/C13H28N2/c1-4-5-9-15-10-7-13(2,3)12(11-15)6-8-14/h12H,4-11,14H2,1-3H3. The number of hydrogen-bond acceptors (Lipinski definition) is 2. The van der Waals surface area contributed by atoms with E-state index in [1.807, 2.05) is 0 Å². The number of piperidine rings is 1. The minimum atomic E-state index is 0.502. The molecular weight excluding hydrogens is 184 g/mol. The first-order chi connectivity index (χ1) is 7.10. The molecule has 0 aromatic rings. The van der Waals surface area contributed by atoms with Crippen molar-refractivity contribution in [1.82, 2.24) is 4.90 Å². The van der Waals surface area contributed by atoms with Gasteiger partial charge in [0.2, 0.25) is 0 Å². The van der Waals surface area contributed by atoms with E-state index in [4.69, 9.17) is 5.73 Å². The van der Waals surface area contributed by atoms with Crippen molar-refractivity contribution < 1.29 is 0 Å². The Kier molecular flexibility index (Phi) is 5.07. The summed E-state index contributed by atoms with van der Waals surface area (Å²) in [6, 6.07) is 0. The first kappa shape index (κ1) is 13.0. The van der Waals surface area contributed by atoms with Gasteiger partial charge in [-0.3, -0.25) is 0 Å². The van der Waals surface area contributed by atoms with E-state index in [1.54, 1.807) is 0 Å². The zero-order chi connectivity index (χ0) is 11.3. The van der Waals surface area contributed by atoms with Crippen molar-refractivity contribution in [2.24, 2.45) is 17.1 Å². The molecule has 0 spiro atoms. The van der Waals surface area contributed by atoms with E-state index < -0.39 is 0 Å². The van der Waals surface area contributed by atoms with Gasteiger partial charge in [-0.05, 0) is 50.2 Å². The number of likely N-dealkylation sites (tertiary alicyclic amines) is 1. The third kappa shape index (κ3) is 3.76. The SMILES string of the molecule is CCCCN1CCC(C)(C)C(CCN)C1. The Balaban J connectivity index is 2.43. The molecule has 0 radical (unpaired) electrons. The van der Waals surface area contributed by atoms with Crippen LogP contribution < -0.4 is 5.73 Å². The first-order valence-corrected chi connectivity index (χ1v) is 6.52. The Morgan fingerprint density at radius 1 is 1.40 bits per heavy atom. The third-order valence-corrected chi connectivity index (χ3v) is 4.00. The van der Waals surface area contributed by atoms with Crippen LogP contribution in [0.1, 0.15) is 46.5 Å². The predicted molar refractivity (Wildman–Crippen MR) is 66.9 cm³/mol. The van der Waals surface area contributed by atoms with Crippen molar-refractivity contribution in [2.75, 3.05) is 26.2 Å². The molecule has 2 nitrogen and oxygen atoms in total. The van der Waals surface area contributed by atoms with Crippen molar-refractivity contribution in [3.8, 4) is 0 Å². The molecule has 15 heavy (non-hydrogen) atoms. The van der Waals surface area contributed by atoms with Crippen molar-refractivity contribution in [3.05, 3.63) is 0 Å². The van der Waals surface area contributed by atoms with Crippen LogP contribution in [0.25, 0.3) is 0 Å². The number of nitrogens with zero attached hydrogens (tertiary/aromatic N) is 1. The summed E-state index contributed by atoms with van der Waals surface area (Å²) in [6.07, 6.45) is 5.17. The molecule has 1 fully saturated rings. The summed E-state index contributed by atoms with van der Waals surface area (Å²) < 4.78 is 0. The molecule has 0 aliphatic carbocycles. The van der Waals surface area contributed by atoms with Gasteiger partial charge in [0.15, 0.2) is 0 Å². The second kappa shape index (κ2) is 5.86. The van der Waals surface area contributed by atoms with Gasteiger partial charge in [-0.15, -0.1) is 0 Å². The summed E-state index contributed by atoms with van der Waals surface area (Å²) in [5, 5.41) is 0. The molecule has 1 aliphatic rings. The summed E-state index contributed by atoms with van der Waals surface area (Å²) >= 11 is 0. The van der Waals surface area contributed by atoms with Gasteiger partial charge in [-0.2, -0.15) is 0 Å². The van der Waals surface area contributed by atoms with Gasteiger partial charge in [0, 0.05) is 6.54 Å². The number of rotatable bonds is 5. The Labute approximate surface area is 95.2 Å². The van der Waals surface area contributed by atoms with Gasteiger partial charge in [0.1, 0.15) is 0 Å². The third-order valence-electron chi connectivity index (χ3n) is 4.00. The maximum atomic E-state index is 5.71. The largest absolute Gasteiger partial charge is 0.330 e. The quantitative estimate of drug-likeness (QED) is 0.758. The molecule has 0 aromatic carbocycles. The van der Waals surface area contributed by atoms with E-state index in [-0.39, 0.29) is 0 Å². The maximum Gasteiger partial charge on any atom is 0.00152 e. The summed E-state index contributed by atoms with van der Waals surface area (Å²) in [6.45, 7) is 11.8. The normalized spacial score (nSPS) is 26.8. The van der Waals surface area contributed by atoms with Gasteiger partial charge in [-0.1, -0.05) is 27.2 Å². The lowest BCUT2D eigenvalue weighted by Gasteiger charge is -2.44. The fourth-order valence-electron chi connectivity index (χ4n) is 2.57. The van der Waals surface area contributed by atoms with Crippen LogP contribution in [0.5, 0.6) is 0 Å². The van der Waals surface area contributed by atoms with E-state index >= 15 is 0 Å². The molecule has 0 bridgehead atoms. The highest BCUT2D eigenvalue weighted by Crippen LogP contribution is 2.37. The van der Waals surface area contributed by atoms with Gasteiger partial charge in [0.05, 0.1) is 0 Å². The average Bonchev–Trinajstić information content (AvgIpc) is 2.19. The second-order valence-electron chi connectivity index (χ2n) is 5.67. The fourth-order valence-corrected chi connectivity index (χ4v) is 2.57. The lowest BCUT2D eigenvalue weighted by molar-refractivity contribution is 0.0556. The Morgan fingerprint density at radius 3 is 2.73 bits per heavy atom. The molecule has 1 unspecified atom stereocenters. The molecule has 0 aromatic heterocycles. The second-order valence-corrected chi connectivity index (χ2v) is 5.67. The average molecular weight is 212 g/mol. The minimum Gasteiger partial charge on any atom is -0.330 e. The van der Waals surface area contributed by atoms with Crippen LogP contribution in [-0.2, 0) is 0 Å². The van der Waals surface area contributed by atoms with Gasteiger partial charge >= 0.3 is 0 Å². The Bertz CT molecular complexity index is 177. The van der Waals surface area contributed by atoms with Crippen LogP contribution in [0, 0.1) is 11.3 Å². The molecule has 1 aliphatic heterocycles. The van der Waals surface area contributed by atoms with Gasteiger partial charge in [-0.25, -0.2) is 0 Å². The summed E-state index contributed by atoms with van der Waals surface area (Å²) in [5.41, 5.74) is 6.21. The van der Waals surface area contributed by atoms with Crippen LogP contribution in [0.4, 0.5) is 0 Å². The van der Waals surface area contributed by atoms with Crippen LogP contribution in [0.15, 0.2) is 0 Å². The smallest absolute Gasteiger partial charge is 0.00152 e. The van der Waals surface area contributed by atoms with Gasteiger partial charge in [0.25, 0.3) is 0 Å². The van der Waals surface area contributed by atoms with E-state index in [1.165, 1.54) is 45.3 Å². The highest BCUT2D eigenvalue weighted by molar-refractivity contribution is 4.86. The van der Waals surface area contributed by atoms with Crippen LogP contribution in [0.3, 0.4) is 0 Å². The Morgan fingerprint density at radius 2 is 2.13 bits per heavy atom. The van der Waals surface area contributed by atoms with Crippen LogP contribution in [0.2, 0.25) is 0 Å². The summed E-state index contributed by atoms with van der Waals surface area (Å²) in [7, 11) is 0. The highest BCUT2D eigenvalue weighted by atomic mass is 15.1. The Hall–Kier alpha value is -0.0800. The molecule has 0 amide bonds. The molecule has 1 rings (SSSR count). The lowest BCUT2D eigenvalue weighted by atomic mass is 9.72. The maximum absolute atomic E-state index is 5.71. The van der Waals surface area contributed by atoms with E-state index in [2.05, 4.69) is 25.7 Å². The summed E-state index contributed by atoms with van der Waals surface area (Å²) in [5.74, 6) is 0.799. The molecule has 90 valence electrons. The van der Waals surface area contributed by atoms with E-state index in [9.17, 15) is 0 Å². The summed E-state index contributed by atoms with van der Waals surface area (Å²) in [4.78, 5) is 2.63. The minimum absolute atomic E-state index is 0.502. The molecule has 1 saturated heterocycles.